The van der Waals surface area contributed by atoms with Gasteiger partial charge in [0.15, 0.2) is 16.2 Å². The number of aromatic amines is 1. The molecule has 11 heteroatoms. The van der Waals surface area contributed by atoms with Gasteiger partial charge in [0, 0.05) is 10.9 Å². The third-order valence-corrected chi connectivity index (χ3v) is 8.63. The highest BCUT2D eigenvalue weighted by Crippen LogP contribution is 2.26. The van der Waals surface area contributed by atoms with E-state index in [1.165, 1.54) is 39.6 Å². The molecule has 176 valence electrons. The highest BCUT2D eigenvalue weighted by atomic mass is 32.2. The van der Waals surface area contributed by atoms with E-state index in [4.69, 9.17) is 0 Å². The van der Waals surface area contributed by atoms with Crippen LogP contribution in [0.25, 0.3) is 22.3 Å². The van der Waals surface area contributed by atoms with Crippen molar-refractivity contribution in [1.82, 2.24) is 9.97 Å². The van der Waals surface area contributed by atoms with Gasteiger partial charge in [-0.05, 0) is 60.3 Å². The number of carbonyl (C=O) groups excluding carboxylic acids is 1. The topological polar surface area (TPSA) is 95.8 Å². The largest absolute Gasteiger partial charge is 0.336 e. The van der Waals surface area contributed by atoms with Gasteiger partial charge in [-0.2, -0.15) is 8.42 Å². The first-order valence-electron chi connectivity index (χ1n) is 10.4. The van der Waals surface area contributed by atoms with E-state index in [1.54, 1.807) is 60.0 Å². The SMILES string of the molecule is O=C(CSc1[nH]c2ccccc2[n+]1S(=O)(=O)c1ccccc1)Nc1nc(-c2ccc(F)cc2)cs1. The van der Waals surface area contributed by atoms with Crippen molar-refractivity contribution in [3.63, 3.8) is 0 Å². The van der Waals surface area contributed by atoms with Crippen LogP contribution in [0, 0.1) is 5.82 Å². The fourth-order valence-corrected chi connectivity index (χ4v) is 6.76. The first-order chi connectivity index (χ1) is 16.9. The molecule has 35 heavy (non-hydrogen) atoms. The average Bonchev–Trinajstić information content (AvgIpc) is 3.48. The van der Waals surface area contributed by atoms with E-state index in [0.717, 1.165) is 17.3 Å². The quantitative estimate of drug-likeness (QED) is 0.238. The van der Waals surface area contributed by atoms with Crippen LogP contribution in [-0.2, 0) is 14.8 Å². The minimum atomic E-state index is -3.89. The Balaban J connectivity index is 1.36. The van der Waals surface area contributed by atoms with Gasteiger partial charge in [0.25, 0.3) is 0 Å². The number of hydrogen-bond acceptors (Lipinski definition) is 6. The molecule has 0 radical (unpaired) electrons. The summed E-state index contributed by atoms with van der Waals surface area (Å²) in [5, 5.41) is 5.23. The van der Waals surface area contributed by atoms with Crippen LogP contribution in [0.5, 0.6) is 0 Å². The van der Waals surface area contributed by atoms with Crippen molar-refractivity contribution in [3.8, 4) is 11.3 Å². The number of H-pyrrole nitrogens is 1. The summed E-state index contributed by atoms with van der Waals surface area (Å²) in [5.41, 5.74) is 2.49. The number of nitrogens with zero attached hydrogens (tertiary/aromatic N) is 2. The number of amides is 1. The average molecular weight is 526 g/mol. The molecule has 2 heterocycles. The van der Waals surface area contributed by atoms with Crippen molar-refractivity contribution in [2.75, 3.05) is 11.1 Å². The van der Waals surface area contributed by atoms with Gasteiger partial charge in [0.1, 0.15) is 10.7 Å². The first-order valence-corrected chi connectivity index (χ1v) is 13.7. The van der Waals surface area contributed by atoms with Gasteiger partial charge >= 0.3 is 15.2 Å². The van der Waals surface area contributed by atoms with Crippen LogP contribution in [0.1, 0.15) is 0 Å². The van der Waals surface area contributed by atoms with Crippen molar-refractivity contribution < 1.29 is 21.6 Å². The van der Waals surface area contributed by atoms with Crippen LogP contribution in [0.2, 0.25) is 0 Å². The first kappa shape index (κ1) is 23.2. The van der Waals surface area contributed by atoms with Crippen molar-refractivity contribution in [2.24, 2.45) is 0 Å². The van der Waals surface area contributed by atoms with Gasteiger partial charge in [0.2, 0.25) is 5.91 Å². The monoisotopic (exact) mass is 525 g/mol. The van der Waals surface area contributed by atoms with Crippen LogP contribution < -0.4 is 9.29 Å². The lowest BCUT2D eigenvalue weighted by Gasteiger charge is -2.04. The number of nitrogens with one attached hydrogen (secondary N) is 2. The number of benzene rings is 3. The summed E-state index contributed by atoms with van der Waals surface area (Å²) in [5.74, 6) is -0.710. The third kappa shape index (κ3) is 4.83. The zero-order valence-corrected chi connectivity index (χ0v) is 20.5. The number of rotatable bonds is 7. The minimum absolute atomic E-state index is 0.0391. The molecule has 0 aliphatic heterocycles. The summed E-state index contributed by atoms with van der Waals surface area (Å²) in [7, 11) is -3.89. The number of para-hydroxylation sites is 2. The number of thiazole rings is 1. The number of hydrogen-bond donors (Lipinski definition) is 2. The smallest absolute Gasteiger partial charge is 0.301 e. The Hall–Kier alpha value is -3.54. The maximum Gasteiger partial charge on any atom is 0.336 e. The molecular weight excluding hydrogens is 507 g/mol. The van der Waals surface area contributed by atoms with Gasteiger partial charge in [-0.25, -0.2) is 14.4 Å². The third-order valence-electron chi connectivity index (χ3n) is 5.06. The Kier molecular flexibility index (Phi) is 6.37. The summed E-state index contributed by atoms with van der Waals surface area (Å²) in [6.07, 6.45) is 0. The molecule has 0 bridgehead atoms. The zero-order chi connectivity index (χ0) is 24.4. The fraction of sp³-hybridized carbons (Fsp3) is 0.0417. The van der Waals surface area contributed by atoms with E-state index in [0.29, 0.717) is 27.0 Å². The number of fused-ring (bicyclic) bond motifs is 1. The molecule has 0 aliphatic carbocycles. The van der Waals surface area contributed by atoms with E-state index in [2.05, 4.69) is 15.3 Å². The number of aromatic nitrogens is 3. The van der Waals surface area contributed by atoms with Crippen LogP contribution in [0.15, 0.2) is 94.3 Å². The molecule has 0 fully saturated rings. The van der Waals surface area contributed by atoms with Crippen molar-refractivity contribution in [3.05, 3.63) is 90.1 Å². The molecule has 2 N–H and O–H groups in total. The molecule has 2 aromatic heterocycles. The summed E-state index contributed by atoms with van der Waals surface area (Å²) in [6.45, 7) is 0. The maximum atomic E-state index is 13.4. The fourth-order valence-electron chi connectivity index (χ4n) is 3.44. The maximum absolute atomic E-state index is 13.4. The molecule has 0 aliphatic rings. The lowest BCUT2D eigenvalue weighted by atomic mass is 10.2. The van der Waals surface area contributed by atoms with Crippen molar-refractivity contribution in [1.29, 1.82) is 0 Å². The standard InChI is InChI=1S/C24H17FN4O3S3/c25-17-12-10-16(11-13-17)20-14-33-23(26-20)28-22(30)15-34-24-27-19-8-4-5-9-21(19)29(24)35(31,32)18-6-2-1-3-7-18/h1-14H,15H2,(H,26,28,30)/p+1. The predicted octanol–water partition coefficient (Wildman–Crippen LogP) is 4.69. The highest BCUT2D eigenvalue weighted by Gasteiger charge is 2.32. The van der Waals surface area contributed by atoms with Gasteiger partial charge < -0.3 is 5.32 Å². The van der Waals surface area contributed by atoms with E-state index in [-0.39, 0.29) is 22.4 Å². The second-order valence-electron chi connectivity index (χ2n) is 7.41. The summed E-state index contributed by atoms with van der Waals surface area (Å²) in [4.78, 5) is 20.3. The molecular formula is C24H18FN4O3S3+. The number of carbonyl (C=O) groups is 1. The van der Waals surface area contributed by atoms with E-state index in [1.807, 2.05) is 0 Å². The Morgan fingerprint density at radius 2 is 1.74 bits per heavy atom. The predicted molar refractivity (Wildman–Crippen MR) is 134 cm³/mol. The number of anilines is 1. The highest BCUT2D eigenvalue weighted by molar-refractivity contribution is 8.00. The second-order valence-corrected chi connectivity index (χ2v) is 11.0. The summed E-state index contributed by atoms with van der Waals surface area (Å²) in [6, 6.07) is 21.1. The molecule has 0 unspecified atom stereocenters. The lowest BCUT2D eigenvalue weighted by Crippen LogP contribution is -2.44. The Morgan fingerprint density at radius 1 is 1.03 bits per heavy atom. The molecule has 0 spiro atoms. The lowest BCUT2D eigenvalue weighted by molar-refractivity contribution is -0.526. The molecule has 5 aromatic rings. The van der Waals surface area contributed by atoms with Crippen molar-refractivity contribution in [2.45, 2.75) is 10.1 Å². The van der Waals surface area contributed by atoms with Gasteiger partial charge in [-0.3, -0.25) is 4.79 Å². The van der Waals surface area contributed by atoms with Crippen LogP contribution in [0.3, 0.4) is 0 Å². The second kappa shape index (κ2) is 9.61. The Morgan fingerprint density at radius 3 is 2.51 bits per heavy atom. The molecule has 1 amide bonds. The number of imidazole rings is 1. The number of halogens is 1. The van der Waals surface area contributed by atoms with Gasteiger partial charge in [0.05, 0.1) is 11.4 Å². The summed E-state index contributed by atoms with van der Waals surface area (Å²) >= 11 is 2.33. The van der Waals surface area contributed by atoms with Crippen LogP contribution in [0.4, 0.5) is 9.52 Å². The normalized spacial score (nSPS) is 11.6. The Bertz CT molecular complexity index is 1620. The number of thioether (sulfide) groups is 1. The van der Waals surface area contributed by atoms with E-state index < -0.39 is 10.0 Å². The van der Waals surface area contributed by atoms with E-state index >= 15 is 0 Å². The van der Waals surface area contributed by atoms with Gasteiger partial charge in [-0.1, -0.05) is 30.3 Å². The van der Waals surface area contributed by atoms with Crippen LogP contribution >= 0.6 is 23.1 Å². The molecule has 5 rings (SSSR count). The van der Waals surface area contributed by atoms with E-state index in [9.17, 15) is 17.6 Å². The Labute approximate surface area is 208 Å². The molecule has 0 saturated carbocycles. The zero-order valence-electron chi connectivity index (χ0n) is 18.0. The molecule has 0 saturated heterocycles. The van der Waals surface area contributed by atoms with Crippen molar-refractivity contribution >= 4 is 55.2 Å². The molecule has 7 nitrogen and oxygen atoms in total. The minimum Gasteiger partial charge on any atom is -0.301 e. The van der Waals surface area contributed by atoms with Gasteiger partial charge in [-0.15, -0.1) is 15.3 Å². The summed E-state index contributed by atoms with van der Waals surface area (Å²) < 4.78 is 41.2. The van der Waals surface area contributed by atoms with Crippen LogP contribution in [-0.4, -0.2) is 30.0 Å². The molecule has 3 aromatic carbocycles. The molecule has 0 atom stereocenters.